The van der Waals surface area contributed by atoms with Crippen LogP contribution < -0.4 is 15.3 Å². The van der Waals surface area contributed by atoms with Gasteiger partial charge >= 0.3 is 6.18 Å². The van der Waals surface area contributed by atoms with E-state index in [1.807, 2.05) is 0 Å². The van der Waals surface area contributed by atoms with Crippen molar-refractivity contribution >= 4 is 28.9 Å². The molecule has 0 aliphatic carbocycles. The van der Waals surface area contributed by atoms with Crippen LogP contribution >= 0.6 is 0 Å². The first-order chi connectivity index (χ1) is 12.3. The van der Waals surface area contributed by atoms with Gasteiger partial charge in [-0.1, -0.05) is 12.1 Å². The van der Waals surface area contributed by atoms with Crippen molar-refractivity contribution in [3.63, 3.8) is 0 Å². The zero-order valence-corrected chi connectivity index (χ0v) is 12.9. The van der Waals surface area contributed by atoms with Crippen LogP contribution in [-0.2, 0) is 15.8 Å². The van der Waals surface area contributed by atoms with Crippen LogP contribution in [0, 0.1) is 0 Å². The average Bonchev–Trinajstić information content (AvgIpc) is 2.86. The van der Waals surface area contributed by atoms with Gasteiger partial charge in [0.25, 0.3) is 11.8 Å². The number of carbonyl (C=O) groups is 2. The molecule has 2 amide bonds. The maximum Gasteiger partial charge on any atom is 0.416 e. The first-order valence-corrected chi connectivity index (χ1v) is 7.48. The molecule has 7 nitrogen and oxygen atoms in total. The Balaban J connectivity index is 1.74. The predicted octanol–water partition coefficient (Wildman–Crippen LogP) is 2.40. The normalized spacial score (nSPS) is 20.1. The Morgan fingerprint density at radius 1 is 1.00 bits per heavy atom. The van der Waals surface area contributed by atoms with Crippen LogP contribution in [0.5, 0.6) is 0 Å². The third-order valence-corrected chi connectivity index (χ3v) is 4.16. The number of hydrogen-bond donors (Lipinski definition) is 2. The second-order valence-electron chi connectivity index (χ2n) is 5.72. The molecule has 0 radical (unpaired) electrons. The van der Waals surface area contributed by atoms with Gasteiger partial charge in [0.05, 0.1) is 22.6 Å². The van der Waals surface area contributed by atoms with Crippen LogP contribution in [-0.4, -0.2) is 28.3 Å². The van der Waals surface area contributed by atoms with Crippen molar-refractivity contribution < 1.29 is 28.0 Å². The van der Waals surface area contributed by atoms with Gasteiger partial charge in [-0.25, -0.2) is 5.01 Å². The fraction of sp³-hybridized carbons (Fsp3) is 0.125. The number of hydrogen-bond acceptors (Lipinski definition) is 5. The molecule has 1 unspecified atom stereocenters. The molecule has 0 spiro atoms. The Labute approximate surface area is 144 Å². The molecule has 0 saturated carbocycles. The van der Waals surface area contributed by atoms with E-state index < -0.39 is 29.6 Å². The minimum atomic E-state index is -4.53. The molecule has 26 heavy (non-hydrogen) atoms. The summed E-state index contributed by atoms with van der Waals surface area (Å²) in [5.41, 5.74) is -0.124. The molecule has 1 saturated heterocycles. The number of fused-ring (bicyclic) bond motifs is 3. The molecular weight excluding hydrogens is 353 g/mol. The van der Waals surface area contributed by atoms with Gasteiger partial charge in [-0.2, -0.15) is 18.2 Å². The number of halogens is 3. The second-order valence-corrected chi connectivity index (χ2v) is 5.72. The summed E-state index contributed by atoms with van der Waals surface area (Å²) >= 11 is 0. The second kappa shape index (κ2) is 5.44. The van der Waals surface area contributed by atoms with E-state index in [0.29, 0.717) is 16.7 Å². The number of rotatable bonds is 1. The third kappa shape index (κ3) is 2.30. The van der Waals surface area contributed by atoms with Gasteiger partial charge in [-0.05, 0) is 36.4 Å². The lowest BCUT2D eigenvalue weighted by Crippen LogP contribution is -2.50. The highest BCUT2D eigenvalue weighted by molar-refractivity contribution is 6.21. The molecule has 2 N–H and O–H groups in total. The molecule has 2 aliphatic heterocycles. The number of alkyl halides is 3. The highest BCUT2D eigenvalue weighted by Gasteiger charge is 2.52. The summed E-state index contributed by atoms with van der Waals surface area (Å²) in [5.74, 6) is -1.44. The van der Waals surface area contributed by atoms with Crippen molar-refractivity contribution in [2.24, 2.45) is 0 Å². The molecule has 2 aliphatic rings. The molecule has 2 aromatic rings. The Kier molecular flexibility index (Phi) is 3.43. The smallest absolute Gasteiger partial charge is 0.322 e. The lowest BCUT2D eigenvalue weighted by Gasteiger charge is -2.33. The van der Waals surface area contributed by atoms with Crippen molar-refractivity contribution in [2.45, 2.75) is 12.2 Å². The minimum absolute atomic E-state index is 0.00909. The molecule has 0 bridgehead atoms. The van der Waals surface area contributed by atoms with Crippen molar-refractivity contribution in [3.05, 3.63) is 54.1 Å². The van der Waals surface area contributed by atoms with Crippen molar-refractivity contribution in [1.82, 2.24) is 5.28 Å². The van der Waals surface area contributed by atoms with Crippen LogP contribution in [0.25, 0.3) is 0 Å². The van der Waals surface area contributed by atoms with E-state index in [9.17, 15) is 28.0 Å². The molecular formula is C16H11F3N4O3. The summed E-state index contributed by atoms with van der Waals surface area (Å²) in [7, 11) is 0. The topological polar surface area (TPSA) is 76.1 Å². The van der Waals surface area contributed by atoms with Gasteiger partial charge in [0.2, 0.25) is 6.04 Å². The van der Waals surface area contributed by atoms with E-state index in [4.69, 9.17) is 0 Å². The molecule has 1 fully saturated rings. The van der Waals surface area contributed by atoms with Crippen LogP contribution in [0.3, 0.4) is 0 Å². The van der Waals surface area contributed by atoms with Crippen LogP contribution in [0.15, 0.2) is 48.5 Å². The number of hydrazine groups is 2. The summed E-state index contributed by atoms with van der Waals surface area (Å²) in [4.78, 5) is 24.9. The van der Waals surface area contributed by atoms with E-state index in [-0.39, 0.29) is 5.69 Å². The zero-order valence-electron chi connectivity index (χ0n) is 12.9. The van der Waals surface area contributed by atoms with E-state index in [1.54, 1.807) is 24.3 Å². The maximum absolute atomic E-state index is 12.7. The fourth-order valence-electron chi connectivity index (χ4n) is 2.97. The van der Waals surface area contributed by atoms with Crippen molar-refractivity contribution in [2.75, 3.05) is 15.3 Å². The molecule has 134 valence electrons. The highest BCUT2D eigenvalue weighted by atomic mass is 19.4. The first-order valence-electron chi connectivity index (χ1n) is 7.48. The van der Waals surface area contributed by atoms with Gasteiger partial charge in [0.1, 0.15) is 0 Å². The van der Waals surface area contributed by atoms with Crippen LogP contribution in [0.4, 0.5) is 30.2 Å². The first kappa shape index (κ1) is 16.4. The molecule has 1 atom stereocenters. The standard InChI is InChI=1S/C16H11F3N4O3/c17-16(18,19)9-5-7-10(8-6-9)21-15(25)13-14(24)20-11-3-1-2-4-12(11)22(13)23(21)26/h1-8,13,26H,(H,20,24). The lowest BCUT2D eigenvalue weighted by atomic mass is 10.1. The SMILES string of the molecule is O=C1Nc2ccccc2N2C1C(=O)N(c1ccc(C(F)(F)F)cc1)N2O. The molecule has 2 aromatic carbocycles. The van der Waals surface area contributed by atoms with Crippen molar-refractivity contribution in [3.8, 4) is 0 Å². The average molecular weight is 364 g/mol. The van der Waals surface area contributed by atoms with E-state index in [1.165, 1.54) is 0 Å². The number of para-hydroxylation sites is 2. The molecule has 4 rings (SSSR count). The van der Waals surface area contributed by atoms with Crippen LogP contribution in [0.2, 0.25) is 0 Å². The van der Waals surface area contributed by atoms with E-state index in [0.717, 1.165) is 34.3 Å². The molecule has 0 aromatic heterocycles. The van der Waals surface area contributed by atoms with Crippen molar-refractivity contribution in [1.29, 1.82) is 0 Å². The van der Waals surface area contributed by atoms with E-state index >= 15 is 0 Å². The Hall–Kier alpha value is -3.11. The Morgan fingerprint density at radius 2 is 1.65 bits per heavy atom. The summed E-state index contributed by atoms with van der Waals surface area (Å²) < 4.78 is 38.1. The number of nitrogens with one attached hydrogen (secondary N) is 1. The van der Waals surface area contributed by atoms with Gasteiger partial charge in [-0.15, -0.1) is 0 Å². The zero-order chi connectivity index (χ0) is 18.6. The van der Waals surface area contributed by atoms with Crippen LogP contribution in [0.1, 0.15) is 5.56 Å². The summed E-state index contributed by atoms with van der Waals surface area (Å²) in [6.07, 6.45) is -4.53. The lowest BCUT2D eigenvalue weighted by molar-refractivity contribution is -0.137. The summed E-state index contributed by atoms with van der Waals surface area (Å²) in [6.45, 7) is 0. The quantitative estimate of drug-likeness (QED) is 0.760. The number of amides is 2. The van der Waals surface area contributed by atoms with Gasteiger partial charge in [0, 0.05) is 5.28 Å². The number of carbonyl (C=O) groups excluding carboxylic acids is 2. The summed E-state index contributed by atoms with van der Waals surface area (Å²) in [5, 5.41) is 15.3. The third-order valence-electron chi connectivity index (χ3n) is 4.16. The van der Waals surface area contributed by atoms with Gasteiger partial charge < -0.3 is 5.32 Å². The maximum atomic E-state index is 12.7. The number of benzene rings is 2. The minimum Gasteiger partial charge on any atom is -0.322 e. The molecule has 10 heteroatoms. The van der Waals surface area contributed by atoms with E-state index in [2.05, 4.69) is 5.32 Å². The number of anilines is 3. The number of nitrogens with zero attached hydrogens (tertiary/aromatic N) is 3. The Morgan fingerprint density at radius 3 is 2.31 bits per heavy atom. The summed E-state index contributed by atoms with van der Waals surface area (Å²) in [6, 6.07) is 8.84. The fourth-order valence-corrected chi connectivity index (χ4v) is 2.97. The predicted molar refractivity (Wildman–Crippen MR) is 83.9 cm³/mol. The van der Waals surface area contributed by atoms with Gasteiger partial charge in [-0.3, -0.25) is 14.8 Å². The monoisotopic (exact) mass is 364 g/mol. The highest BCUT2D eigenvalue weighted by Crippen LogP contribution is 2.39. The molecule has 2 heterocycles. The Bertz CT molecular complexity index is 900. The van der Waals surface area contributed by atoms with Gasteiger partial charge in [0.15, 0.2) is 0 Å². The largest absolute Gasteiger partial charge is 0.416 e.